The van der Waals surface area contributed by atoms with Crippen molar-refractivity contribution in [1.29, 1.82) is 0 Å². The van der Waals surface area contributed by atoms with Gasteiger partial charge in [0.1, 0.15) is 5.75 Å². The number of hydrogen-bond donors (Lipinski definition) is 0. The van der Waals surface area contributed by atoms with E-state index in [1.54, 1.807) is 0 Å². The van der Waals surface area contributed by atoms with Crippen LogP contribution in [0.2, 0.25) is 0 Å². The molecule has 0 unspecified atom stereocenters. The molecule has 0 aromatic heterocycles. The van der Waals surface area contributed by atoms with Gasteiger partial charge in [0.05, 0.1) is 6.61 Å². The summed E-state index contributed by atoms with van der Waals surface area (Å²) in [5.74, 6) is 1.02. The Hall–Kier alpha value is -1.03. The molecule has 0 saturated heterocycles. The monoisotopic (exact) mass is 647 g/mol. The van der Waals surface area contributed by atoms with Gasteiger partial charge in [0.15, 0.2) is 7.14 Å². The second kappa shape index (κ2) is 25.9. The molecule has 2 aromatic rings. The van der Waals surface area contributed by atoms with Gasteiger partial charge in [-0.25, -0.2) is 0 Å². The number of halogens is 1. The van der Waals surface area contributed by atoms with Gasteiger partial charge in [-0.15, -0.1) is 0 Å². The molecule has 0 saturated carbocycles. The zero-order valence-electron chi connectivity index (χ0n) is 25.5. The summed E-state index contributed by atoms with van der Waals surface area (Å²) >= 11 is -0.0799. The predicted octanol–water partition coefficient (Wildman–Crippen LogP) is 9.19. The molecule has 0 N–H and O–H groups in total. The SMILES string of the molecule is CCCCCCCCCCCCCCCCCCCCCCCCCOc1ccc([I+]c2ccccc2)cc1. The second-order valence-corrected chi connectivity index (χ2v) is 14.5. The molecule has 0 atom stereocenters. The Kier molecular flexibility index (Phi) is 22.7. The van der Waals surface area contributed by atoms with E-state index in [4.69, 9.17) is 4.74 Å². The maximum absolute atomic E-state index is 5.97. The van der Waals surface area contributed by atoms with Crippen molar-refractivity contribution in [3.63, 3.8) is 0 Å². The van der Waals surface area contributed by atoms with Crippen LogP contribution in [0, 0.1) is 7.14 Å². The molecule has 1 nitrogen and oxygen atoms in total. The summed E-state index contributed by atoms with van der Waals surface area (Å²) in [4.78, 5) is 0. The first-order valence-corrected chi connectivity index (χ1v) is 19.0. The zero-order chi connectivity index (χ0) is 27.5. The van der Waals surface area contributed by atoms with Gasteiger partial charge in [0, 0.05) is 0 Å². The van der Waals surface area contributed by atoms with Gasteiger partial charge in [-0.2, -0.15) is 0 Å². The van der Waals surface area contributed by atoms with Crippen LogP contribution in [-0.2, 0) is 0 Å². The van der Waals surface area contributed by atoms with Crippen molar-refractivity contribution in [1.82, 2.24) is 0 Å². The predicted molar refractivity (Wildman–Crippen MR) is 168 cm³/mol. The molecule has 39 heavy (non-hydrogen) atoms. The quantitative estimate of drug-likeness (QED) is 0.0694. The Morgan fingerprint density at radius 2 is 0.769 bits per heavy atom. The fraction of sp³-hybridized carbons (Fsp3) is 0.676. The van der Waals surface area contributed by atoms with Gasteiger partial charge in [-0.05, 0) is 42.8 Å². The van der Waals surface area contributed by atoms with E-state index in [9.17, 15) is 0 Å². The first-order valence-electron chi connectivity index (χ1n) is 16.8. The first-order chi connectivity index (χ1) is 19.4. The molecular formula is C37H60IO+. The minimum absolute atomic E-state index is 0.0799. The lowest BCUT2D eigenvalue weighted by atomic mass is 10.0. The Morgan fingerprint density at radius 3 is 1.18 bits per heavy atom. The molecule has 0 aliphatic heterocycles. The highest BCUT2D eigenvalue weighted by Gasteiger charge is 2.14. The van der Waals surface area contributed by atoms with Gasteiger partial charge in [0.25, 0.3) is 0 Å². The molecule has 2 rings (SSSR count). The van der Waals surface area contributed by atoms with Crippen LogP contribution in [-0.4, -0.2) is 6.61 Å². The highest BCUT2D eigenvalue weighted by atomic mass is 127. The molecule has 0 heterocycles. The fourth-order valence-corrected chi connectivity index (χ4v) is 7.49. The maximum Gasteiger partial charge on any atom is 0.357 e. The highest BCUT2D eigenvalue weighted by Crippen LogP contribution is 2.16. The van der Waals surface area contributed by atoms with Crippen LogP contribution in [0.5, 0.6) is 5.75 Å². The van der Waals surface area contributed by atoms with Gasteiger partial charge < -0.3 is 4.74 Å². The normalized spacial score (nSPS) is 11.2. The summed E-state index contributed by atoms with van der Waals surface area (Å²) in [6.07, 6.45) is 33.0. The third kappa shape index (κ3) is 20.5. The lowest BCUT2D eigenvalue weighted by Crippen LogP contribution is -3.61. The summed E-state index contributed by atoms with van der Waals surface area (Å²) in [7, 11) is 0. The Morgan fingerprint density at radius 1 is 0.410 bits per heavy atom. The topological polar surface area (TPSA) is 9.23 Å². The summed E-state index contributed by atoms with van der Waals surface area (Å²) in [5.41, 5.74) is 0. The van der Waals surface area contributed by atoms with Crippen LogP contribution < -0.4 is 25.9 Å². The zero-order valence-corrected chi connectivity index (χ0v) is 27.6. The Bertz CT molecular complexity index is 757. The summed E-state index contributed by atoms with van der Waals surface area (Å²) in [6.45, 7) is 3.16. The van der Waals surface area contributed by atoms with Gasteiger partial charge in [-0.3, -0.25) is 0 Å². The molecule has 220 valence electrons. The number of ether oxygens (including phenoxy) is 1. The van der Waals surface area contributed by atoms with Crippen LogP contribution >= 0.6 is 0 Å². The summed E-state index contributed by atoms with van der Waals surface area (Å²) < 4.78 is 8.89. The molecule has 0 aliphatic rings. The summed E-state index contributed by atoms with van der Waals surface area (Å²) in [5, 5.41) is 0. The number of hydrogen-bond acceptors (Lipinski definition) is 1. The number of rotatable bonds is 27. The largest absolute Gasteiger partial charge is 0.494 e. The van der Waals surface area contributed by atoms with Crippen LogP contribution in [0.15, 0.2) is 54.6 Å². The van der Waals surface area contributed by atoms with Crippen molar-refractivity contribution in [3.8, 4) is 5.75 Å². The molecule has 0 amide bonds. The maximum atomic E-state index is 5.97. The second-order valence-electron chi connectivity index (χ2n) is 11.5. The molecule has 2 aromatic carbocycles. The van der Waals surface area contributed by atoms with Crippen molar-refractivity contribution >= 4 is 0 Å². The minimum Gasteiger partial charge on any atom is -0.494 e. The van der Waals surface area contributed by atoms with E-state index >= 15 is 0 Å². The van der Waals surface area contributed by atoms with E-state index in [1.165, 1.54) is 155 Å². The van der Waals surface area contributed by atoms with E-state index < -0.39 is 0 Å². The molecule has 2 heteroatoms. The summed E-state index contributed by atoms with van der Waals surface area (Å²) in [6, 6.07) is 19.6. The molecule has 0 radical (unpaired) electrons. The van der Waals surface area contributed by atoms with Crippen molar-refractivity contribution in [3.05, 3.63) is 61.7 Å². The van der Waals surface area contributed by atoms with Crippen molar-refractivity contribution in [2.45, 2.75) is 155 Å². The smallest absolute Gasteiger partial charge is 0.357 e. The first kappa shape index (κ1) is 34.2. The van der Waals surface area contributed by atoms with Gasteiger partial charge in [0.2, 0.25) is 0 Å². The number of benzene rings is 2. The lowest BCUT2D eigenvalue weighted by molar-refractivity contribution is -0.597. The van der Waals surface area contributed by atoms with Crippen molar-refractivity contribution in [2.24, 2.45) is 0 Å². The molecular weight excluding hydrogens is 587 g/mol. The highest BCUT2D eigenvalue weighted by molar-refractivity contribution is 5.20. The number of unbranched alkanes of at least 4 members (excludes halogenated alkanes) is 22. The van der Waals surface area contributed by atoms with Crippen LogP contribution in [0.3, 0.4) is 0 Å². The van der Waals surface area contributed by atoms with E-state index in [-0.39, 0.29) is 21.2 Å². The van der Waals surface area contributed by atoms with Crippen LogP contribution in [0.4, 0.5) is 0 Å². The van der Waals surface area contributed by atoms with Crippen molar-refractivity contribution < 1.29 is 25.9 Å². The molecule has 0 bridgehead atoms. The lowest BCUT2D eigenvalue weighted by Gasteiger charge is -2.06. The Labute approximate surface area is 253 Å². The fourth-order valence-electron chi connectivity index (χ4n) is 5.28. The van der Waals surface area contributed by atoms with Gasteiger partial charge >= 0.3 is 21.2 Å². The van der Waals surface area contributed by atoms with Crippen molar-refractivity contribution in [2.75, 3.05) is 6.61 Å². The van der Waals surface area contributed by atoms with E-state index in [2.05, 4.69) is 61.5 Å². The van der Waals surface area contributed by atoms with E-state index in [0.29, 0.717) is 0 Å². The molecule has 0 fully saturated rings. The van der Waals surface area contributed by atoms with Crippen LogP contribution in [0.1, 0.15) is 155 Å². The Balaban J connectivity index is 1.25. The third-order valence-electron chi connectivity index (χ3n) is 7.78. The standard InChI is InChI=1S/C37H60IO/c1-2-3-4-5-6-7-8-9-10-11-12-13-14-15-16-17-18-19-20-21-22-23-27-34-39-37-32-30-36(31-33-37)38-35-28-25-24-26-29-35/h24-26,28-33H,2-23,27,34H2,1H3/q+1. The minimum atomic E-state index is -0.0799. The van der Waals surface area contributed by atoms with E-state index in [0.717, 1.165) is 12.4 Å². The van der Waals surface area contributed by atoms with Crippen LogP contribution in [0.25, 0.3) is 0 Å². The molecule has 0 spiro atoms. The molecule has 0 aliphatic carbocycles. The average Bonchev–Trinajstić information content (AvgIpc) is 2.97. The average molecular weight is 648 g/mol. The third-order valence-corrected chi connectivity index (χ3v) is 10.5. The van der Waals surface area contributed by atoms with E-state index in [1.807, 2.05) is 0 Å². The van der Waals surface area contributed by atoms with Gasteiger partial charge in [-0.1, -0.05) is 166 Å².